The van der Waals surface area contributed by atoms with E-state index in [2.05, 4.69) is 19.2 Å². The van der Waals surface area contributed by atoms with Gasteiger partial charge in [-0.3, -0.25) is 0 Å². The lowest BCUT2D eigenvalue weighted by Gasteiger charge is -2.27. The molecule has 0 bridgehead atoms. The van der Waals surface area contributed by atoms with Gasteiger partial charge in [0, 0.05) is 19.2 Å². The Balaban J connectivity index is 1.84. The highest BCUT2D eigenvalue weighted by Gasteiger charge is 2.44. The van der Waals surface area contributed by atoms with Gasteiger partial charge >= 0.3 is 0 Å². The van der Waals surface area contributed by atoms with Crippen molar-refractivity contribution in [1.29, 1.82) is 0 Å². The summed E-state index contributed by atoms with van der Waals surface area (Å²) in [4.78, 5) is 0. The molecule has 2 heteroatoms. The number of nitrogens with one attached hydrogen (secondary N) is 1. The molecule has 0 aromatic rings. The van der Waals surface area contributed by atoms with Crippen LogP contribution in [0, 0.1) is 5.41 Å². The highest BCUT2D eigenvalue weighted by molar-refractivity contribution is 4.99. The van der Waals surface area contributed by atoms with Gasteiger partial charge in [-0.15, -0.1) is 0 Å². The summed E-state index contributed by atoms with van der Waals surface area (Å²) in [6, 6.07) is 1.26. The van der Waals surface area contributed by atoms with Crippen LogP contribution in [0.25, 0.3) is 0 Å². The van der Waals surface area contributed by atoms with E-state index in [1.165, 1.54) is 32.1 Å². The van der Waals surface area contributed by atoms with Gasteiger partial charge in [0.1, 0.15) is 0 Å². The molecule has 2 nitrogen and oxygen atoms in total. The van der Waals surface area contributed by atoms with E-state index in [0.717, 1.165) is 0 Å². The highest BCUT2D eigenvalue weighted by Crippen LogP contribution is 2.48. The molecule has 14 heavy (non-hydrogen) atoms. The molecule has 1 N–H and O–H groups in total. The van der Waals surface area contributed by atoms with Crippen LogP contribution in [0.4, 0.5) is 0 Å². The summed E-state index contributed by atoms with van der Waals surface area (Å²) in [5.74, 6) is 0. The summed E-state index contributed by atoms with van der Waals surface area (Å²) in [7, 11) is 1.84. The Hall–Kier alpha value is -0.0800. The average Bonchev–Trinajstić information content (AvgIpc) is 2.78. The Labute approximate surface area is 87.4 Å². The van der Waals surface area contributed by atoms with Crippen LogP contribution >= 0.6 is 0 Å². The number of ether oxygens (including phenoxy) is 1. The van der Waals surface area contributed by atoms with Crippen molar-refractivity contribution in [2.45, 2.75) is 64.1 Å². The van der Waals surface area contributed by atoms with Crippen molar-refractivity contribution in [3.05, 3.63) is 0 Å². The first-order chi connectivity index (χ1) is 6.65. The van der Waals surface area contributed by atoms with Gasteiger partial charge in [0.2, 0.25) is 0 Å². The van der Waals surface area contributed by atoms with Gasteiger partial charge in [-0.25, -0.2) is 0 Å². The second-order valence-electron chi connectivity index (χ2n) is 5.35. The van der Waals surface area contributed by atoms with Crippen LogP contribution in [0.15, 0.2) is 0 Å². The molecule has 0 heterocycles. The molecular weight excluding hydrogens is 174 g/mol. The van der Waals surface area contributed by atoms with Crippen molar-refractivity contribution in [3.8, 4) is 0 Å². The highest BCUT2D eigenvalue weighted by atomic mass is 16.5. The summed E-state index contributed by atoms with van der Waals surface area (Å²) in [5, 5.41) is 3.76. The van der Waals surface area contributed by atoms with Crippen molar-refractivity contribution in [1.82, 2.24) is 5.32 Å². The zero-order valence-electron chi connectivity index (χ0n) is 9.68. The van der Waals surface area contributed by atoms with E-state index in [9.17, 15) is 0 Å². The van der Waals surface area contributed by atoms with Crippen molar-refractivity contribution >= 4 is 0 Å². The standard InChI is InChI=1S/C12H23NO/c1-9(12(2)7-8-12)13-10-5-4-6-11(10)14-3/h9-11,13H,4-8H2,1-3H3. The average molecular weight is 197 g/mol. The quantitative estimate of drug-likeness (QED) is 0.747. The molecule has 2 saturated carbocycles. The summed E-state index contributed by atoms with van der Waals surface area (Å²) >= 11 is 0. The molecule has 2 fully saturated rings. The predicted molar refractivity (Wildman–Crippen MR) is 58.4 cm³/mol. The Morgan fingerprint density at radius 2 is 2.07 bits per heavy atom. The summed E-state index contributed by atoms with van der Waals surface area (Å²) in [6.45, 7) is 4.72. The fraction of sp³-hybridized carbons (Fsp3) is 1.00. The van der Waals surface area contributed by atoms with Gasteiger partial charge < -0.3 is 10.1 Å². The van der Waals surface area contributed by atoms with Crippen LogP contribution in [0.1, 0.15) is 46.0 Å². The topological polar surface area (TPSA) is 21.3 Å². The van der Waals surface area contributed by atoms with Gasteiger partial charge in [0.05, 0.1) is 6.10 Å². The molecule has 82 valence electrons. The van der Waals surface area contributed by atoms with E-state index in [1.54, 1.807) is 0 Å². The largest absolute Gasteiger partial charge is 0.380 e. The van der Waals surface area contributed by atoms with E-state index in [-0.39, 0.29) is 0 Å². The first-order valence-corrected chi connectivity index (χ1v) is 5.94. The van der Waals surface area contributed by atoms with E-state index >= 15 is 0 Å². The Kier molecular flexibility index (Phi) is 2.85. The molecule has 2 aliphatic carbocycles. The van der Waals surface area contributed by atoms with Gasteiger partial charge in [0.25, 0.3) is 0 Å². The summed E-state index contributed by atoms with van der Waals surface area (Å²) in [5.41, 5.74) is 0.584. The predicted octanol–water partition coefficient (Wildman–Crippen LogP) is 2.33. The van der Waals surface area contributed by atoms with Crippen LogP contribution < -0.4 is 5.32 Å². The molecule has 2 aliphatic rings. The van der Waals surface area contributed by atoms with Crippen molar-refractivity contribution in [3.63, 3.8) is 0 Å². The minimum absolute atomic E-state index is 0.458. The molecule has 0 aliphatic heterocycles. The molecule has 0 aromatic carbocycles. The van der Waals surface area contributed by atoms with Gasteiger partial charge in [0.15, 0.2) is 0 Å². The van der Waals surface area contributed by atoms with Crippen LogP contribution in [0.3, 0.4) is 0 Å². The maximum atomic E-state index is 5.50. The summed E-state index contributed by atoms with van der Waals surface area (Å²) in [6.07, 6.45) is 7.09. The van der Waals surface area contributed by atoms with Crippen LogP contribution in [0.2, 0.25) is 0 Å². The van der Waals surface area contributed by atoms with Crippen LogP contribution in [-0.4, -0.2) is 25.3 Å². The molecule has 2 rings (SSSR count). The molecule has 3 atom stereocenters. The normalized spacial score (nSPS) is 37.1. The lowest BCUT2D eigenvalue weighted by atomic mass is 9.99. The van der Waals surface area contributed by atoms with Gasteiger partial charge in [-0.2, -0.15) is 0 Å². The fourth-order valence-electron chi connectivity index (χ4n) is 2.55. The lowest BCUT2D eigenvalue weighted by molar-refractivity contribution is 0.0785. The monoisotopic (exact) mass is 197 g/mol. The minimum atomic E-state index is 0.458. The zero-order chi connectivity index (χ0) is 10.2. The molecule has 3 unspecified atom stereocenters. The van der Waals surface area contributed by atoms with E-state index in [1.807, 2.05) is 7.11 Å². The van der Waals surface area contributed by atoms with Crippen molar-refractivity contribution < 1.29 is 4.74 Å². The second kappa shape index (κ2) is 3.82. The SMILES string of the molecule is COC1CCCC1NC(C)C1(C)CC1. The third kappa shape index (κ3) is 1.96. The molecule has 0 aromatic heterocycles. The van der Waals surface area contributed by atoms with Crippen molar-refractivity contribution in [2.24, 2.45) is 5.41 Å². The second-order valence-corrected chi connectivity index (χ2v) is 5.35. The third-order valence-corrected chi connectivity index (χ3v) is 4.30. The van der Waals surface area contributed by atoms with Gasteiger partial charge in [-0.1, -0.05) is 6.92 Å². The molecule has 0 saturated heterocycles. The number of hydrogen-bond acceptors (Lipinski definition) is 2. The van der Waals surface area contributed by atoms with E-state index in [0.29, 0.717) is 23.6 Å². The van der Waals surface area contributed by atoms with Gasteiger partial charge in [-0.05, 0) is 44.4 Å². The maximum Gasteiger partial charge on any atom is 0.0724 e. The molecule has 0 amide bonds. The first-order valence-electron chi connectivity index (χ1n) is 5.94. The fourth-order valence-corrected chi connectivity index (χ4v) is 2.55. The molecular formula is C12H23NO. The first kappa shape index (κ1) is 10.4. The van der Waals surface area contributed by atoms with Crippen molar-refractivity contribution in [2.75, 3.05) is 7.11 Å². The minimum Gasteiger partial charge on any atom is -0.380 e. The Morgan fingerprint density at radius 3 is 2.64 bits per heavy atom. The maximum absolute atomic E-state index is 5.50. The molecule has 0 spiro atoms. The zero-order valence-corrected chi connectivity index (χ0v) is 9.68. The number of rotatable bonds is 4. The number of hydrogen-bond donors (Lipinski definition) is 1. The van der Waals surface area contributed by atoms with Crippen LogP contribution in [-0.2, 0) is 4.74 Å². The third-order valence-electron chi connectivity index (χ3n) is 4.30. The Morgan fingerprint density at radius 1 is 1.36 bits per heavy atom. The Bertz CT molecular complexity index is 200. The molecule has 0 radical (unpaired) electrons. The van der Waals surface area contributed by atoms with E-state index < -0.39 is 0 Å². The summed E-state index contributed by atoms with van der Waals surface area (Å²) < 4.78 is 5.50. The smallest absolute Gasteiger partial charge is 0.0724 e. The van der Waals surface area contributed by atoms with E-state index in [4.69, 9.17) is 4.74 Å². The number of methoxy groups -OCH3 is 1. The van der Waals surface area contributed by atoms with Crippen LogP contribution in [0.5, 0.6) is 0 Å². The lowest BCUT2D eigenvalue weighted by Crippen LogP contribution is -2.45.